The highest BCUT2D eigenvalue weighted by Gasteiger charge is 2.14. The molecule has 124 valence electrons. The SMILES string of the molecule is Cc1nc(SCC(=O)c2ccc(CN)s2)c2cc(Cl)c(F)cc2n1. The number of Topliss-reactive ketones (excluding diaryl/α,β-unsaturated/α-hetero) is 1. The molecule has 2 aromatic heterocycles. The van der Waals surface area contributed by atoms with E-state index in [1.807, 2.05) is 6.07 Å². The fourth-order valence-corrected chi connectivity index (χ4v) is 4.18. The van der Waals surface area contributed by atoms with Gasteiger partial charge in [-0.3, -0.25) is 4.79 Å². The fraction of sp³-hybridized carbons (Fsp3) is 0.188. The van der Waals surface area contributed by atoms with Crippen molar-refractivity contribution in [3.63, 3.8) is 0 Å². The number of hydrogen-bond donors (Lipinski definition) is 1. The Morgan fingerprint density at radius 1 is 1.38 bits per heavy atom. The van der Waals surface area contributed by atoms with Gasteiger partial charge in [0.1, 0.15) is 16.7 Å². The summed E-state index contributed by atoms with van der Waals surface area (Å²) in [6, 6.07) is 6.42. The third-order valence-electron chi connectivity index (χ3n) is 3.29. The summed E-state index contributed by atoms with van der Waals surface area (Å²) in [5, 5.41) is 1.26. The van der Waals surface area contributed by atoms with Crippen molar-refractivity contribution in [1.29, 1.82) is 0 Å². The number of carbonyl (C=O) groups excluding carboxylic acids is 1. The van der Waals surface area contributed by atoms with Crippen LogP contribution in [-0.2, 0) is 6.54 Å². The molecule has 0 bridgehead atoms. The van der Waals surface area contributed by atoms with Crippen LogP contribution in [0.3, 0.4) is 0 Å². The first-order chi connectivity index (χ1) is 11.5. The van der Waals surface area contributed by atoms with E-state index in [1.54, 1.807) is 13.0 Å². The number of nitrogens with zero attached hydrogens (tertiary/aromatic N) is 2. The first kappa shape index (κ1) is 17.3. The Kier molecular flexibility index (Phi) is 5.15. The van der Waals surface area contributed by atoms with Gasteiger partial charge >= 0.3 is 0 Å². The van der Waals surface area contributed by atoms with E-state index < -0.39 is 5.82 Å². The summed E-state index contributed by atoms with van der Waals surface area (Å²) in [6.45, 7) is 2.15. The zero-order valence-electron chi connectivity index (χ0n) is 12.7. The summed E-state index contributed by atoms with van der Waals surface area (Å²) >= 11 is 8.55. The highest BCUT2D eigenvalue weighted by atomic mass is 35.5. The molecule has 0 spiro atoms. The third kappa shape index (κ3) is 3.59. The van der Waals surface area contributed by atoms with Crippen LogP contribution in [0.2, 0.25) is 5.02 Å². The number of thiophene rings is 1. The number of hydrogen-bond acceptors (Lipinski definition) is 6. The largest absolute Gasteiger partial charge is 0.326 e. The number of rotatable bonds is 5. The maximum atomic E-state index is 13.6. The number of nitrogens with two attached hydrogens (primary N) is 1. The van der Waals surface area contributed by atoms with Gasteiger partial charge in [-0.1, -0.05) is 23.4 Å². The molecule has 0 aliphatic heterocycles. The first-order valence-corrected chi connectivity index (χ1v) is 9.24. The molecule has 24 heavy (non-hydrogen) atoms. The predicted octanol–water partition coefficient (Wildman–Crippen LogP) is 4.23. The van der Waals surface area contributed by atoms with Crippen LogP contribution in [0.15, 0.2) is 29.3 Å². The molecule has 2 heterocycles. The van der Waals surface area contributed by atoms with E-state index in [1.165, 1.54) is 35.2 Å². The topological polar surface area (TPSA) is 68.9 Å². The lowest BCUT2D eigenvalue weighted by Crippen LogP contribution is -2.01. The zero-order chi connectivity index (χ0) is 17.3. The number of aromatic nitrogens is 2. The molecule has 0 saturated carbocycles. The number of aryl methyl sites for hydroxylation is 1. The Labute approximate surface area is 151 Å². The first-order valence-electron chi connectivity index (χ1n) is 7.06. The van der Waals surface area contributed by atoms with Gasteiger partial charge < -0.3 is 5.73 Å². The number of ketones is 1. The third-order valence-corrected chi connectivity index (χ3v) is 5.72. The molecule has 3 aromatic rings. The molecular weight excluding hydrogens is 369 g/mol. The number of halogens is 2. The molecule has 4 nitrogen and oxygen atoms in total. The Bertz CT molecular complexity index is 929. The van der Waals surface area contributed by atoms with Gasteiger partial charge in [-0.2, -0.15) is 0 Å². The van der Waals surface area contributed by atoms with Crippen LogP contribution < -0.4 is 5.73 Å². The average Bonchev–Trinajstić information content (AvgIpc) is 3.03. The molecule has 0 amide bonds. The van der Waals surface area contributed by atoms with Crippen molar-refractivity contribution in [2.24, 2.45) is 5.73 Å². The van der Waals surface area contributed by atoms with Crippen molar-refractivity contribution < 1.29 is 9.18 Å². The van der Waals surface area contributed by atoms with Gasteiger partial charge in [-0.15, -0.1) is 11.3 Å². The van der Waals surface area contributed by atoms with Gasteiger partial charge in [0, 0.05) is 22.9 Å². The molecular formula is C16H13ClFN3OS2. The Morgan fingerprint density at radius 2 is 2.17 bits per heavy atom. The average molecular weight is 382 g/mol. The van der Waals surface area contributed by atoms with E-state index in [9.17, 15) is 9.18 Å². The zero-order valence-corrected chi connectivity index (χ0v) is 15.1. The van der Waals surface area contributed by atoms with Crippen LogP contribution in [0.1, 0.15) is 20.4 Å². The van der Waals surface area contributed by atoms with Crippen LogP contribution in [0.5, 0.6) is 0 Å². The summed E-state index contributed by atoms with van der Waals surface area (Å²) in [6.07, 6.45) is 0. The second-order valence-corrected chi connectivity index (χ2v) is 7.58. The highest BCUT2D eigenvalue weighted by molar-refractivity contribution is 8.00. The number of thioether (sulfide) groups is 1. The molecule has 0 saturated heterocycles. The van der Waals surface area contributed by atoms with Crippen LogP contribution in [-0.4, -0.2) is 21.5 Å². The minimum Gasteiger partial charge on any atom is -0.326 e. The predicted molar refractivity (Wildman–Crippen MR) is 96.5 cm³/mol. The van der Waals surface area contributed by atoms with Gasteiger partial charge in [-0.05, 0) is 25.1 Å². The summed E-state index contributed by atoms with van der Waals surface area (Å²) in [4.78, 5) is 22.5. The lowest BCUT2D eigenvalue weighted by atomic mass is 10.2. The van der Waals surface area contributed by atoms with Crippen molar-refractivity contribution in [3.8, 4) is 0 Å². The van der Waals surface area contributed by atoms with Gasteiger partial charge in [0.2, 0.25) is 0 Å². The molecule has 0 aliphatic rings. The van der Waals surface area contributed by atoms with E-state index >= 15 is 0 Å². The summed E-state index contributed by atoms with van der Waals surface area (Å²) in [7, 11) is 0. The summed E-state index contributed by atoms with van der Waals surface area (Å²) < 4.78 is 13.6. The number of benzene rings is 1. The van der Waals surface area contributed by atoms with Gasteiger partial charge in [-0.25, -0.2) is 14.4 Å². The van der Waals surface area contributed by atoms with Crippen LogP contribution in [0.25, 0.3) is 10.9 Å². The normalized spacial score (nSPS) is 11.2. The van der Waals surface area contributed by atoms with E-state index in [0.717, 1.165) is 4.88 Å². The Balaban J connectivity index is 1.86. The van der Waals surface area contributed by atoms with Crippen LogP contribution in [0, 0.1) is 12.7 Å². The van der Waals surface area contributed by atoms with E-state index in [-0.39, 0.29) is 16.6 Å². The van der Waals surface area contributed by atoms with E-state index in [0.29, 0.717) is 33.2 Å². The minimum atomic E-state index is -0.526. The molecule has 2 N–H and O–H groups in total. The number of carbonyl (C=O) groups is 1. The molecule has 1 aromatic carbocycles. The van der Waals surface area contributed by atoms with Crippen molar-refractivity contribution in [3.05, 3.63) is 50.7 Å². The lowest BCUT2D eigenvalue weighted by molar-refractivity contribution is 0.102. The van der Waals surface area contributed by atoms with E-state index in [2.05, 4.69) is 9.97 Å². The molecule has 0 radical (unpaired) electrons. The standard InChI is InChI=1S/C16H13ClFN3OS2/c1-8-20-13-5-12(18)11(17)4-10(13)16(21-8)23-7-14(22)15-3-2-9(6-19)24-15/h2-5H,6-7,19H2,1H3. The van der Waals surface area contributed by atoms with Gasteiger partial charge in [0.15, 0.2) is 5.78 Å². The van der Waals surface area contributed by atoms with Gasteiger partial charge in [0.25, 0.3) is 0 Å². The number of fused-ring (bicyclic) bond motifs is 1. The van der Waals surface area contributed by atoms with Crippen LogP contribution in [0.4, 0.5) is 4.39 Å². The Morgan fingerprint density at radius 3 is 2.88 bits per heavy atom. The molecule has 3 rings (SSSR count). The van der Waals surface area contributed by atoms with Crippen LogP contribution >= 0.6 is 34.7 Å². The van der Waals surface area contributed by atoms with Crippen molar-refractivity contribution in [2.75, 3.05) is 5.75 Å². The van der Waals surface area contributed by atoms with Gasteiger partial charge in [0.05, 0.1) is 21.2 Å². The Hall–Kier alpha value is -1.54. The highest BCUT2D eigenvalue weighted by Crippen LogP contribution is 2.30. The second kappa shape index (κ2) is 7.14. The maximum absolute atomic E-state index is 13.6. The minimum absolute atomic E-state index is 0.00215. The van der Waals surface area contributed by atoms with E-state index in [4.69, 9.17) is 17.3 Å². The molecule has 0 fully saturated rings. The second-order valence-electron chi connectivity index (χ2n) is 5.04. The molecule has 8 heteroatoms. The monoisotopic (exact) mass is 381 g/mol. The summed E-state index contributed by atoms with van der Waals surface area (Å²) in [5.41, 5.74) is 6.04. The fourth-order valence-electron chi connectivity index (χ4n) is 2.16. The smallest absolute Gasteiger partial charge is 0.183 e. The maximum Gasteiger partial charge on any atom is 0.183 e. The van der Waals surface area contributed by atoms with Crippen molar-refractivity contribution >= 4 is 51.4 Å². The quantitative estimate of drug-likeness (QED) is 0.407. The molecule has 0 unspecified atom stereocenters. The lowest BCUT2D eigenvalue weighted by Gasteiger charge is -2.07. The van der Waals surface area contributed by atoms with Crippen molar-refractivity contribution in [1.82, 2.24) is 9.97 Å². The summed E-state index contributed by atoms with van der Waals surface area (Å²) in [5.74, 6) is 0.218. The molecule has 0 atom stereocenters. The van der Waals surface area contributed by atoms with Crippen molar-refractivity contribution in [2.45, 2.75) is 18.5 Å². The molecule has 0 aliphatic carbocycles.